The summed E-state index contributed by atoms with van der Waals surface area (Å²) in [7, 11) is 0. The number of hydrogen-bond acceptors (Lipinski definition) is 1. The summed E-state index contributed by atoms with van der Waals surface area (Å²) in [5, 5.41) is 7.23. The number of benzene rings is 8. The molecule has 0 radical (unpaired) electrons. The molecule has 238 valence electrons. The lowest BCUT2D eigenvalue weighted by atomic mass is 10.0. The lowest BCUT2D eigenvalue weighted by Gasteiger charge is -2.11. The molecule has 11 rings (SSSR count). The second kappa shape index (κ2) is 10.8. The normalized spacial score (nSPS) is 11.9. The third-order valence-electron chi connectivity index (χ3n) is 10.5. The lowest BCUT2D eigenvalue weighted by molar-refractivity contribution is 0.668. The Labute approximate surface area is 293 Å². The van der Waals surface area contributed by atoms with Crippen LogP contribution in [0.3, 0.4) is 0 Å². The largest absolute Gasteiger partial charge is 0.456 e. The van der Waals surface area contributed by atoms with Crippen LogP contribution in [-0.4, -0.2) is 9.13 Å². The Hall–Kier alpha value is -6.84. The first-order valence-electron chi connectivity index (χ1n) is 17.4. The van der Waals surface area contributed by atoms with Crippen molar-refractivity contribution in [3.05, 3.63) is 182 Å². The number of nitrogens with zero attached hydrogens (tertiary/aromatic N) is 2. The molecule has 11 aromatic rings. The number of rotatable bonds is 4. The molecule has 3 heteroatoms. The first-order chi connectivity index (χ1) is 25.3. The zero-order valence-electron chi connectivity index (χ0n) is 27.6. The van der Waals surface area contributed by atoms with Crippen LogP contribution in [-0.2, 0) is 0 Å². The molecule has 0 aliphatic rings. The van der Waals surface area contributed by atoms with Crippen LogP contribution >= 0.6 is 0 Å². The second-order valence-electron chi connectivity index (χ2n) is 13.3. The highest BCUT2D eigenvalue weighted by atomic mass is 16.3. The van der Waals surface area contributed by atoms with Crippen LogP contribution in [0, 0.1) is 0 Å². The highest BCUT2D eigenvalue weighted by molar-refractivity contribution is 6.26. The number of furan rings is 1. The molecule has 0 amide bonds. The van der Waals surface area contributed by atoms with Gasteiger partial charge >= 0.3 is 0 Å². The van der Waals surface area contributed by atoms with Crippen LogP contribution in [0.4, 0.5) is 0 Å². The maximum atomic E-state index is 6.35. The Kier molecular flexibility index (Phi) is 5.96. The van der Waals surface area contributed by atoms with Gasteiger partial charge in [-0.15, -0.1) is 0 Å². The minimum atomic E-state index is 0.893. The topological polar surface area (TPSA) is 23.0 Å². The van der Waals surface area contributed by atoms with Crippen molar-refractivity contribution >= 4 is 65.6 Å². The summed E-state index contributed by atoms with van der Waals surface area (Å²) in [5.74, 6) is 0. The molecule has 51 heavy (non-hydrogen) atoms. The molecule has 0 N–H and O–H groups in total. The summed E-state index contributed by atoms with van der Waals surface area (Å²) < 4.78 is 11.2. The molecule has 0 fully saturated rings. The monoisotopic (exact) mass is 650 g/mol. The van der Waals surface area contributed by atoms with Crippen LogP contribution in [0.5, 0.6) is 0 Å². The second-order valence-corrected chi connectivity index (χ2v) is 13.3. The standard InChI is InChI=1S/C48H30N2O/c1-2-10-31(11-3-1)32-18-20-33(21-19-32)34-22-24-35(25-23-34)50-42-15-7-4-12-37(42)40-28-29-44-47(48(40)50)41-14-5-8-16-43(41)49(44)36-26-27-39-38-13-6-9-17-45(38)51-46(39)30-36/h1-30H. The maximum Gasteiger partial charge on any atom is 0.137 e. The van der Waals surface area contributed by atoms with E-state index in [9.17, 15) is 0 Å². The Morgan fingerprint density at radius 3 is 1.59 bits per heavy atom. The number of hydrogen-bond donors (Lipinski definition) is 0. The molecular formula is C48H30N2O. The predicted octanol–water partition coefficient (Wildman–Crippen LogP) is 13.1. The Morgan fingerprint density at radius 2 is 0.843 bits per heavy atom. The van der Waals surface area contributed by atoms with Crippen LogP contribution in [0.25, 0.3) is 99.2 Å². The van der Waals surface area contributed by atoms with Crippen molar-refractivity contribution in [3.63, 3.8) is 0 Å². The zero-order chi connectivity index (χ0) is 33.5. The first-order valence-corrected chi connectivity index (χ1v) is 17.4. The Balaban J connectivity index is 1.12. The first kappa shape index (κ1) is 28.0. The molecule has 8 aromatic carbocycles. The van der Waals surface area contributed by atoms with E-state index < -0.39 is 0 Å². The predicted molar refractivity (Wildman–Crippen MR) is 213 cm³/mol. The molecule has 0 atom stereocenters. The minimum absolute atomic E-state index is 0.893. The third kappa shape index (κ3) is 4.19. The SMILES string of the molecule is c1ccc(-c2ccc(-c3ccc(-n4c5ccccc5c5ccc6c(c7ccccc7n6-c6ccc7c(c6)oc6ccccc67)c54)cc3)cc2)cc1. The molecular weight excluding hydrogens is 621 g/mol. The summed E-state index contributed by atoms with van der Waals surface area (Å²) in [5.41, 5.74) is 13.6. The number of para-hydroxylation sites is 3. The van der Waals surface area contributed by atoms with E-state index in [1.54, 1.807) is 0 Å². The van der Waals surface area contributed by atoms with Gasteiger partial charge in [-0.2, -0.15) is 0 Å². The molecule has 3 nitrogen and oxygen atoms in total. The smallest absolute Gasteiger partial charge is 0.137 e. The van der Waals surface area contributed by atoms with Gasteiger partial charge in [-0.1, -0.05) is 127 Å². The third-order valence-corrected chi connectivity index (χ3v) is 10.5. The summed E-state index contributed by atoms with van der Waals surface area (Å²) in [6.07, 6.45) is 0. The summed E-state index contributed by atoms with van der Waals surface area (Å²) in [4.78, 5) is 0. The van der Waals surface area contributed by atoms with E-state index in [-0.39, 0.29) is 0 Å². The minimum Gasteiger partial charge on any atom is -0.456 e. The summed E-state index contributed by atoms with van der Waals surface area (Å²) in [6, 6.07) is 65.5. The fourth-order valence-electron chi connectivity index (χ4n) is 8.20. The van der Waals surface area contributed by atoms with Gasteiger partial charge in [0.2, 0.25) is 0 Å². The van der Waals surface area contributed by atoms with E-state index in [1.807, 2.05) is 12.1 Å². The van der Waals surface area contributed by atoms with E-state index in [1.165, 1.54) is 65.9 Å². The van der Waals surface area contributed by atoms with Crippen molar-refractivity contribution in [1.29, 1.82) is 0 Å². The van der Waals surface area contributed by atoms with Crippen LogP contribution in [0.1, 0.15) is 0 Å². The highest BCUT2D eigenvalue weighted by Gasteiger charge is 2.21. The quantitative estimate of drug-likeness (QED) is 0.186. The molecule has 0 saturated heterocycles. The van der Waals surface area contributed by atoms with E-state index in [4.69, 9.17) is 4.42 Å². The van der Waals surface area contributed by atoms with Gasteiger partial charge in [0.15, 0.2) is 0 Å². The average molecular weight is 651 g/mol. The number of fused-ring (bicyclic) bond motifs is 10. The van der Waals surface area contributed by atoms with Crippen molar-refractivity contribution in [2.45, 2.75) is 0 Å². The van der Waals surface area contributed by atoms with Gasteiger partial charge < -0.3 is 13.6 Å². The maximum absolute atomic E-state index is 6.35. The molecule has 0 spiro atoms. The van der Waals surface area contributed by atoms with Crippen LogP contribution in [0.15, 0.2) is 186 Å². The Morgan fingerprint density at radius 1 is 0.314 bits per heavy atom. The van der Waals surface area contributed by atoms with Gasteiger partial charge in [0.05, 0.1) is 22.1 Å². The number of aromatic nitrogens is 2. The summed E-state index contributed by atoms with van der Waals surface area (Å²) >= 11 is 0. The summed E-state index contributed by atoms with van der Waals surface area (Å²) in [6.45, 7) is 0. The fourth-order valence-corrected chi connectivity index (χ4v) is 8.20. The Bertz CT molecular complexity index is 3100. The van der Waals surface area contributed by atoms with Gasteiger partial charge in [-0.25, -0.2) is 0 Å². The highest BCUT2D eigenvalue weighted by Crippen LogP contribution is 2.42. The molecule has 3 aromatic heterocycles. The van der Waals surface area contributed by atoms with Crippen molar-refractivity contribution in [3.8, 4) is 33.6 Å². The van der Waals surface area contributed by atoms with Crippen molar-refractivity contribution < 1.29 is 4.42 Å². The molecule has 0 aliphatic heterocycles. The molecule has 0 unspecified atom stereocenters. The van der Waals surface area contributed by atoms with Crippen molar-refractivity contribution in [2.75, 3.05) is 0 Å². The van der Waals surface area contributed by atoms with Gasteiger partial charge in [-0.05, 0) is 70.8 Å². The lowest BCUT2D eigenvalue weighted by Crippen LogP contribution is -1.95. The zero-order valence-corrected chi connectivity index (χ0v) is 27.6. The van der Waals surface area contributed by atoms with Gasteiger partial charge in [0.25, 0.3) is 0 Å². The molecule has 0 saturated carbocycles. The van der Waals surface area contributed by atoms with E-state index in [2.05, 4.69) is 179 Å². The fraction of sp³-hybridized carbons (Fsp3) is 0. The van der Waals surface area contributed by atoms with Gasteiger partial charge in [0, 0.05) is 49.8 Å². The molecule has 0 aliphatic carbocycles. The van der Waals surface area contributed by atoms with Gasteiger partial charge in [-0.3, -0.25) is 0 Å². The molecule has 0 bridgehead atoms. The van der Waals surface area contributed by atoms with E-state index in [0.29, 0.717) is 0 Å². The van der Waals surface area contributed by atoms with Crippen LogP contribution < -0.4 is 0 Å². The van der Waals surface area contributed by atoms with Gasteiger partial charge in [0.1, 0.15) is 11.2 Å². The molecule has 3 heterocycles. The average Bonchev–Trinajstić information content (AvgIpc) is 3.86. The van der Waals surface area contributed by atoms with Crippen molar-refractivity contribution in [2.24, 2.45) is 0 Å². The van der Waals surface area contributed by atoms with E-state index in [0.717, 1.165) is 33.3 Å². The van der Waals surface area contributed by atoms with Crippen molar-refractivity contribution in [1.82, 2.24) is 9.13 Å². The van der Waals surface area contributed by atoms with Crippen LogP contribution in [0.2, 0.25) is 0 Å². The van der Waals surface area contributed by atoms with E-state index >= 15 is 0 Å².